The van der Waals surface area contributed by atoms with E-state index in [1.54, 1.807) is 6.20 Å². The minimum atomic E-state index is 0.374. The van der Waals surface area contributed by atoms with Crippen molar-refractivity contribution in [2.45, 2.75) is 18.8 Å². The number of allylic oxidation sites excluding steroid dienone is 1. The summed E-state index contributed by atoms with van der Waals surface area (Å²) in [5.41, 5.74) is 13.3. The van der Waals surface area contributed by atoms with Crippen molar-refractivity contribution in [3.63, 3.8) is 0 Å². The van der Waals surface area contributed by atoms with Crippen LogP contribution in [0.15, 0.2) is 85.2 Å². The first-order chi connectivity index (χ1) is 15.2. The molecule has 5 aromatic rings. The molecule has 1 saturated carbocycles. The van der Waals surface area contributed by atoms with Crippen molar-refractivity contribution < 1.29 is 0 Å². The third-order valence-corrected chi connectivity index (χ3v) is 6.08. The van der Waals surface area contributed by atoms with E-state index >= 15 is 0 Å². The van der Waals surface area contributed by atoms with E-state index in [1.807, 2.05) is 24.4 Å². The molecule has 3 heterocycles. The highest BCUT2D eigenvalue weighted by molar-refractivity contribution is 5.91. The lowest BCUT2D eigenvalue weighted by atomic mass is 9.80. The number of nitrogen functional groups attached to an aromatic ring is 1. The highest BCUT2D eigenvalue weighted by Crippen LogP contribution is 2.42. The number of fused-ring (bicyclic) bond motifs is 2. The maximum atomic E-state index is 6.30. The molecule has 1 aliphatic rings. The zero-order chi connectivity index (χ0) is 20.9. The number of imidazole rings is 1. The zero-order valence-electron chi connectivity index (χ0n) is 17.0. The molecule has 3 aromatic heterocycles. The van der Waals surface area contributed by atoms with Crippen LogP contribution in [0.1, 0.15) is 24.6 Å². The Morgan fingerprint density at radius 1 is 0.935 bits per heavy atom. The molecule has 5 heteroatoms. The molecule has 1 fully saturated rings. The van der Waals surface area contributed by atoms with Gasteiger partial charge in [-0.1, -0.05) is 60.7 Å². The molecule has 0 amide bonds. The first-order valence-electron chi connectivity index (χ1n) is 10.4. The molecule has 6 rings (SSSR count). The molecule has 0 radical (unpaired) electrons. The van der Waals surface area contributed by atoms with E-state index in [0.717, 1.165) is 57.6 Å². The fourth-order valence-electron chi connectivity index (χ4n) is 4.43. The quantitative estimate of drug-likeness (QED) is 0.397. The van der Waals surface area contributed by atoms with E-state index in [0.29, 0.717) is 11.7 Å². The number of hydrogen-bond acceptors (Lipinski definition) is 4. The van der Waals surface area contributed by atoms with Crippen LogP contribution < -0.4 is 5.73 Å². The topological polar surface area (TPSA) is 69.1 Å². The molecule has 1 aliphatic carbocycles. The number of pyridine rings is 1. The molecule has 2 N–H and O–H groups in total. The van der Waals surface area contributed by atoms with Gasteiger partial charge >= 0.3 is 0 Å². The van der Waals surface area contributed by atoms with Crippen LogP contribution in [-0.4, -0.2) is 19.4 Å². The van der Waals surface area contributed by atoms with Crippen molar-refractivity contribution in [3.05, 3.63) is 91.0 Å². The molecular weight excluding hydrogens is 382 g/mol. The fraction of sp³-hybridized carbons (Fsp3) is 0.115. The Morgan fingerprint density at radius 2 is 1.74 bits per heavy atom. The van der Waals surface area contributed by atoms with E-state index in [-0.39, 0.29) is 0 Å². The summed E-state index contributed by atoms with van der Waals surface area (Å²) in [6, 6.07) is 20.7. The second kappa shape index (κ2) is 6.77. The van der Waals surface area contributed by atoms with Crippen molar-refractivity contribution in [1.29, 1.82) is 0 Å². The molecule has 0 saturated heterocycles. The molecule has 0 aliphatic heterocycles. The van der Waals surface area contributed by atoms with Crippen LogP contribution in [-0.2, 0) is 0 Å². The SMILES string of the molecule is C=C1CC(c2nc(-c3ccc4ccc(-c5ccccc5)nc4c3)c3c(N)nccn23)C1. The minimum Gasteiger partial charge on any atom is -0.382 e. The van der Waals surface area contributed by atoms with Gasteiger partial charge in [-0.3, -0.25) is 4.40 Å². The Kier molecular flexibility index (Phi) is 3.90. The fourth-order valence-corrected chi connectivity index (χ4v) is 4.43. The first kappa shape index (κ1) is 17.8. The standard InChI is InChI=1S/C26H21N5/c1-16-13-20(14-16)26-30-23(24-25(27)28-11-12-31(24)26)19-8-7-18-9-10-21(29-22(18)15-19)17-5-3-2-4-6-17/h2-12,15,20H,1,13-14H2,(H2,27,28). The second-order valence-electron chi connectivity index (χ2n) is 8.17. The Morgan fingerprint density at radius 3 is 2.55 bits per heavy atom. The molecular formula is C26H21N5. The molecule has 0 spiro atoms. The van der Waals surface area contributed by atoms with Crippen LogP contribution in [0.2, 0.25) is 0 Å². The van der Waals surface area contributed by atoms with Gasteiger partial charge in [-0.2, -0.15) is 0 Å². The number of hydrogen-bond donors (Lipinski definition) is 1. The molecule has 31 heavy (non-hydrogen) atoms. The summed E-state index contributed by atoms with van der Waals surface area (Å²) in [6.45, 7) is 4.08. The summed E-state index contributed by atoms with van der Waals surface area (Å²) < 4.78 is 2.09. The van der Waals surface area contributed by atoms with Crippen molar-refractivity contribution in [2.75, 3.05) is 5.73 Å². The number of anilines is 1. The summed E-state index contributed by atoms with van der Waals surface area (Å²) in [6.07, 6.45) is 5.63. The lowest BCUT2D eigenvalue weighted by Gasteiger charge is -2.27. The third-order valence-electron chi connectivity index (χ3n) is 6.08. The second-order valence-corrected chi connectivity index (χ2v) is 8.17. The molecule has 150 valence electrons. The summed E-state index contributed by atoms with van der Waals surface area (Å²) in [5.74, 6) is 1.89. The number of aromatic nitrogens is 4. The first-order valence-corrected chi connectivity index (χ1v) is 10.4. The van der Waals surface area contributed by atoms with E-state index in [2.05, 4.69) is 58.4 Å². The van der Waals surface area contributed by atoms with Gasteiger partial charge in [-0.15, -0.1) is 0 Å². The maximum Gasteiger partial charge on any atom is 0.150 e. The number of rotatable bonds is 3. The van der Waals surface area contributed by atoms with Crippen molar-refractivity contribution in [3.8, 4) is 22.5 Å². The van der Waals surface area contributed by atoms with Crippen LogP contribution in [0.5, 0.6) is 0 Å². The van der Waals surface area contributed by atoms with Gasteiger partial charge in [0.25, 0.3) is 0 Å². The molecule has 0 atom stereocenters. The highest BCUT2D eigenvalue weighted by atomic mass is 15.1. The van der Waals surface area contributed by atoms with E-state index < -0.39 is 0 Å². The van der Waals surface area contributed by atoms with Gasteiger partial charge in [0.05, 0.1) is 11.2 Å². The van der Waals surface area contributed by atoms with Crippen molar-refractivity contribution in [2.24, 2.45) is 0 Å². The predicted octanol–water partition coefficient (Wildman–Crippen LogP) is 5.63. The Hall–Kier alpha value is -3.99. The Balaban J connectivity index is 1.52. The summed E-state index contributed by atoms with van der Waals surface area (Å²) >= 11 is 0. The van der Waals surface area contributed by atoms with Crippen LogP contribution in [0.3, 0.4) is 0 Å². The van der Waals surface area contributed by atoms with Gasteiger partial charge < -0.3 is 5.73 Å². The number of benzene rings is 2. The van der Waals surface area contributed by atoms with Gasteiger partial charge in [-0.25, -0.2) is 15.0 Å². The monoisotopic (exact) mass is 403 g/mol. The van der Waals surface area contributed by atoms with Crippen molar-refractivity contribution >= 4 is 22.2 Å². The van der Waals surface area contributed by atoms with Gasteiger partial charge in [0.15, 0.2) is 0 Å². The van der Waals surface area contributed by atoms with Crippen LogP contribution in [0.25, 0.3) is 38.9 Å². The van der Waals surface area contributed by atoms with Crippen LogP contribution >= 0.6 is 0 Å². The maximum absolute atomic E-state index is 6.30. The van der Waals surface area contributed by atoms with Gasteiger partial charge in [0.2, 0.25) is 0 Å². The summed E-state index contributed by atoms with van der Waals surface area (Å²) in [7, 11) is 0. The normalized spacial score (nSPS) is 14.3. The lowest BCUT2D eigenvalue weighted by Crippen LogP contribution is -2.15. The van der Waals surface area contributed by atoms with E-state index in [4.69, 9.17) is 15.7 Å². The molecule has 2 aromatic carbocycles. The highest BCUT2D eigenvalue weighted by Gasteiger charge is 2.29. The molecule has 0 bridgehead atoms. The largest absolute Gasteiger partial charge is 0.382 e. The minimum absolute atomic E-state index is 0.374. The van der Waals surface area contributed by atoms with Crippen molar-refractivity contribution in [1.82, 2.24) is 19.4 Å². The number of nitrogens with two attached hydrogens (primary N) is 1. The lowest BCUT2D eigenvalue weighted by molar-refractivity contribution is 0.521. The number of nitrogens with zero attached hydrogens (tertiary/aromatic N) is 4. The van der Waals surface area contributed by atoms with E-state index in [1.165, 1.54) is 5.57 Å². The smallest absolute Gasteiger partial charge is 0.150 e. The van der Waals surface area contributed by atoms with Gasteiger partial charge in [0.1, 0.15) is 22.9 Å². The van der Waals surface area contributed by atoms with Crippen LogP contribution in [0, 0.1) is 0 Å². The van der Waals surface area contributed by atoms with Crippen LogP contribution in [0.4, 0.5) is 5.82 Å². The summed E-state index contributed by atoms with van der Waals surface area (Å²) in [4.78, 5) is 14.3. The third kappa shape index (κ3) is 2.89. The van der Waals surface area contributed by atoms with Gasteiger partial charge in [0, 0.05) is 34.8 Å². The predicted molar refractivity (Wildman–Crippen MR) is 125 cm³/mol. The molecule has 0 unspecified atom stereocenters. The average molecular weight is 403 g/mol. The Bertz CT molecular complexity index is 1460. The average Bonchev–Trinajstić information content (AvgIpc) is 3.17. The molecule has 5 nitrogen and oxygen atoms in total. The Labute approximate surface area is 179 Å². The van der Waals surface area contributed by atoms with Gasteiger partial charge in [-0.05, 0) is 25.0 Å². The summed E-state index contributed by atoms with van der Waals surface area (Å²) in [5, 5.41) is 1.09. The van der Waals surface area contributed by atoms with E-state index in [9.17, 15) is 0 Å². The zero-order valence-corrected chi connectivity index (χ0v) is 17.0.